The summed E-state index contributed by atoms with van der Waals surface area (Å²) < 4.78 is 6.45. The second-order valence-corrected chi connectivity index (χ2v) is 9.56. The maximum Gasteiger partial charge on any atom is 0.123 e. The third-order valence-corrected chi connectivity index (χ3v) is 7.40. The van der Waals surface area contributed by atoms with Crippen molar-refractivity contribution in [2.75, 3.05) is 39.3 Å². The van der Waals surface area contributed by atoms with Gasteiger partial charge in [-0.05, 0) is 81.1 Å². The molecule has 30 heavy (non-hydrogen) atoms. The Bertz CT molecular complexity index is 864. The molecule has 3 nitrogen and oxygen atoms in total. The summed E-state index contributed by atoms with van der Waals surface area (Å²) in [6.07, 6.45) is 7.74. The molecule has 0 bridgehead atoms. The molecule has 0 N–H and O–H groups in total. The minimum Gasteiger partial charge on any atom is -0.493 e. The zero-order valence-electron chi connectivity index (χ0n) is 17.9. The number of fused-ring (bicyclic) bond motifs is 3. The van der Waals surface area contributed by atoms with Crippen LogP contribution in [0.2, 0.25) is 5.02 Å². The number of hydrogen-bond acceptors (Lipinski definition) is 3. The Kier molecular flexibility index (Phi) is 6.31. The Balaban J connectivity index is 1.37. The Hall–Kier alpha value is -1.55. The van der Waals surface area contributed by atoms with Gasteiger partial charge in [0.15, 0.2) is 0 Å². The van der Waals surface area contributed by atoms with E-state index in [-0.39, 0.29) is 0 Å². The zero-order chi connectivity index (χ0) is 20.3. The molecule has 0 spiro atoms. The molecule has 0 saturated carbocycles. The third kappa shape index (κ3) is 4.26. The maximum absolute atomic E-state index is 6.45. The van der Waals surface area contributed by atoms with E-state index in [2.05, 4.69) is 46.2 Å². The molecule has 0 aliphatic carbocycles. The number of piperidine rings is 1. The first kappa shape index (κ1) is 20.4. The van der Waals surface area contributed by atoms with Gasteiger partial charge in [0, 0.05) is 35.6 Å². The van der Waals surface area contributed by atoms with E-state index in [0.29, 0.717) is 12.0 Å². The highest BCUT2D eigenvalue weighted by Gasteiger charge is 2.38. The quantitative estimate of drug-likeness (QED) is 0.538. The van der Waals surface area contributed by atoms with E-state index < -0.39 is 0 Å². The molecule has 0 aromatic heterocycles. The highest BCUT2D eigenvalue weighted by Crippen LogP contribution is 2.47. The van der Waals surface area contributed by atoms with Crippen molar-refractivity contribution < 1.29 is 4.74 Å². The van der Waals surface area contributed by atoms with Crippen LogP contribution in [0.15, 0.2) is 42.5 Å². The molecule has 5 rings (SSSR count). The Morgan fingerprint density at radius 1 is 0.967 bits per heavy atom. The van der Waals surface area contributed by atoms with Crippen molar-refractivity contribution in [1.82, 2.24) is 9.80 Å². The summed E-state index contributed by atoms with van der Waals surface area (Å²) >= 11 is 6.37. The minimum absolute atomic E-state index is 0.325. The van der Waals surface area contributed by atoms with Gasteiger partial charge in [0.25, 0.3) is 0 Å². The number of hydrogen-bond donors (Lipinski definition) is 0. The van der Waals surface area contributed by atoms with Crippen molar-refractivity contribution in [3.8, 4) is 5.75 Å². The lowest BCUT2D eigenvalue weighted by atomic mass is 9.81. The van der Waals surface area contributed by atoms with E-state index >= 15 is 0 Å². The summed E-state index contributed by atoms with van der Waals surface area (Å²) in [7, 11) is 0. The normalized spacial score (nSPS) is 24.4. The van der Waals surface area contributed by atoms with Gasteiger partial charge in [-0.2, -0.15) is 0 Å². The predicted octanol–water partition coefficient (Wildman–Crippen LogP) is 5.88. The molecule has 3 heterocycles. The van der Waals surface area contributed by atoms with Crippen molar-refractivity contribution in [2.45, 2.75) is 50.5 Å². The van der Waals surface area contributed by atoms with Crippen LogP contribution in [0.25, 0.3) is 0 Å². The van der Waals surface area contributed by atoms with Gasteiger partial charge in [-0.25, -0.2) is 0 Å². The van der Waals surface area contributed by atoms with Crippen LogP contribution in [0.3, 0.4) is 0 Å². The first-order chi connectivity index (χ1) is 14.8. The number of rotatable bonds is 6. The molecule has 2 aromatic rings. The molecule has 160 valence electrons. The number of benzene rings is 2. The molecule has 2 atom stereocenters. The van der Waals surface area contributed by atoms with Crippen LogP contribution < -0.4 is 4.74 Å². The molecule has 4 heteroatoms. The number of nitrogens with zero attached hydrogens (tertiary/aromatic N) is 2. The summed E-state index contributed by atoms with van der Waals surface area (Å²) in [5.74, 6) is 1.41. The summed E-state index contributed by atoms with van der Waals surface area (Å²) in [6.45, 7) is 6.73. The first-order valence-corrected chi connectivity index (χ1v) is 12.1. The molecular formula is C26H33ClN2O. The van der Waals surface area contributed by atoms with Gasteiger partial charge in [-0.1, -0.05) is 42.3 Å². The Morgan fingerprint density at radius 3 is 2.70 bits per heavy atom. The summed E-state index contributed by atoms with van der Waals surface area (Å²) in [4.78, 5) is 5.26. The van der Waals surface area contributed by atoms with E-state index in [1.165, 1.54) is 68.4 Å². The predicted molar refractivity (Wildman–Crippen MR) is 124 cm³/mol. The van der Waals surface area contributed by atoms with Gasteiger partial charge in [0.2, 0.25) is 0 Å². The van der Waals surface area contributed by atoms with Crippen molar-refractivity contribution >= 4 is 11.6 Å². The van der Waals surface area contributed by atoms with Crippen LogP contribution in [0.5, 0.6) is 5.75 Å². The summed E-state index contributed by atoms with van der Waals surface area (Å²) in [5, 5.41) is 0.817. The highest BCUT2D eigenvalue weighted by atomic mass is 35.5. The van der Waals surface area contributed by atoms with Gasteiger partial charge in [0.1, 0.15) is 5.75 Å². The summed E-state index contributed by atoms with van der Waals surface area (Å²) in [6, 6.07) is 15.7. The smallest absolute Gasteiger partial charge is 0.123 e. The van der Waals surface area contributed by atoms with E-state index in [4.69, 9.17) is 16.3 Å². The van der Waals surface area contributed by atoms with Gasteiger partial charge in [-0.15, -0.1) is 0 Å². The average molecular weight is 425 g/mol. The molecule has 0 unspecified atom stereocenters. The SMILES string of the molecule is Clc1cccc([C@H]2CN3CCC[C@H]3c3cccc(OCCCN4CCCCC4)c32)c1. The van der Waals surface area contributed by atoms with Crippen molar-refractivity contribution in [3.05, 3.63) is 64.2 Å². The van der Waals surface area contributed by atoms with Gasteiger partial charge >= 0.3 is 0 Å². The first-order valence-electron chi connectivity index (χ1n) is 11.8. The highest BCUT2D eigenvalue weighted by molar-refractivity contribution is 6.30. The van der Waals surface area contributed by atoms with E-state index in [1.807, 2.05) is 6.07 Å². The summed E-state index contributed by atoms with van der Waals surface area (Å²) in [5.41, 5.74) is 4.18. The lowest BCUT2D eigenvalue weighted by molar-refractivity contribution is 0.200. The van der Waals surface area contributed by atoms with Crippen molar-refractivity contribution in [1.29, 1.82) is 0 Å². The third-order valence-electron chi connectivity index (χ3n) is 7.16. The fourth-order valence-electron chi connectivity index (χ4n) is 5.72. The molecule has 2 aromatic carbocycles. The van der Waals surface area contributed by atoms with E-state index in [0.717, 1.165) is 36.9 Å². The molecule has 0 amide bonds. The number of likely N-dealkylation sites (tertiary alicyclic amines) is 1. The minimum atomic E-state index is 0.325. The number of ether oxygens (including phenoxy) is 1. The molecule has 3 aliphatic rings. The van der Waals surface area contributed by atoms with Crippen LogP contribution in [0.1, 0.15) is 67.2 Å². The zero-order valence-corrected chi connectivity index (χ0v) is 18.6. The second kappa shape index (κ2) is 9.30. The Labute approximate surface area is 186 Å². The maximum atomic E-state index is 6.45. The molecule has 0 radical (unpaired) electrons. The largest absolute Gasteiger partial charge is 0.493 e. The van der Waals surface area contributed by atoms with Gasteiger partial charge in [0.05, 0.1) is 6.61 Å². The van der Waals surface area contributed by atoms with Crippen LogP contribution in [-0.4, -0.2) is 49.1 Å². The van der Waals surface area contributed by atoms with Crippen molar-refractivity contribution in [2.24, 2.45) is 0 Å². The topological polar surface area (TPSA) is 15.7 Å². The lowest BCUT2D eigenvalue weighted by Crippen LogP contribution is -2.35. The molecule has 3 aliphatic heterocycles. The van der Waals surface area contributed by atoms with E-state index in [1.54, 1.807) is 0 Å². The molecular weight excluding hydrogens is 392 g/mol. The standard InChI is InChI=1S/C26H33ClN2O/c27-21-9-4-8-20(18-21)23-19-29-16-6-11-24(29)22-10-5-12-25(26(22)23)30-17-7-15-28-13-2-1-3-14-28/h4-5,8-10,12,18,23-24H,1-3,6-7,11,13-17,19H2/t23-,24+/m1/s1. The van der Waals surface area contributed by atoms with E-state index in [9.17, 15) is 0 Å². The van der Waals surface area contributed by atoms with Crippen LogP contribution in [-0.2, 0) is 0 Å². The Morgan fingerprint density at radius 2 is 1.83 bits per heavy atom. The van der Waals surface area contributed by atoms with Gasteiger partial charge < -0.3 is 9.64 Å². The van der Waals surface area contributed by atoms with Gasteiger partial charge in [-0.3, -0.25) is 4.90 Å². The fourth-order valence-corrected chi connectivity index (χ4v) is 5.92. The molecule has 2 saturated heterocycles. The monoisotopic (exact) mass is 424 g/mol. The second-order valence-electron chi connectivity index (χ2n) is 9.12. The number of halogens is 1. The average Bonchev–Trinajstić information content (AvgIpc) is 3.26. The lowest BCUT2D eigenvalue weighted by Gasteiger charge is -2.38. The van der Waals surface area contributed by atoms with Crippen LogP contribution in [0, 0.1) is 0 Å². The van der Waals surface area contributed by atoms with Crippen molar-refractivity contribution in [3.63, 3.8) is 0 Å². The molecule has 2 fully saturated rings. The van der Waals surface area contributed by atoms with Crippen LogP contribution in [0.4, 0.5) is 0 Å². The van der Waals surface area contributed by atoms with Crippen LogP contribution >= 0.6 is 11.6 Å². The fraction of sp³-hybridized carbons (Fsp3) is 0.538.